The monoisotopic (exact) mass is 355 g/mol. The van der Waals surface area contributed by atoms with Gasteiger partial charge in [-0.25, -0.2) is 4.79 Å². The summed E-state index contributed by atoms with van der Waals surface area (Å²) in [6.45, 7) is 7.13. The number of anilines is 1. The molecule has 2 rings (SSSR count). The molecule has 1 aromatic carbocycles. The standard InChI is InChI=1S/C19H21N3O4/c1-13(20-19(24)25-4)11-22-12-18(8-5-14(22)2)26-17-9-6-16(7-10-17)21-15(3)23/h5-12H,2H2,1,3-4H3,(H,20,24)(H,21,23)/b13-11+. The predicted molar refractivity (Wildman–Crippen MR) is 98.9 cm³/mol. The fourth-order valence-electron chi connectivity index (χ4n) is 2.11. The van der Waals surface area contributed by atoms with Crippen molar-refractivity contribution in [2.24, 2.45) is 0 Å². The second-order valence-corrected chi connectivity index (χ2v) is 5.50. The molecule has 1 heterocycles. The van der Waals surface area contributed by atoms with Gasteiger partial charge >= 0.3 is 6.09 Å². The van der Waals surface area contributed by atoms with E-state index in [1.165, 1.54) is 14.0 Å². The normalized spacial score (nSPS) is 13.8. The zero-order valence-electron chi connectivity index (χ0n) is 14.9. The first kappa shape index (κ1) is 18.9. The average Bonchev–Trinajstić information content (AvgIpc) is 2.59. The van der Waals surface area contributed by atoms with Crippen molar-refractivity contribution >= 4 is 17.7 Å². The number of carbonyl (C=O) groups excluding carboxylic acids is 2. The highest BCUT2D eigenvalue weighted by Crippen LogP contribution is 2.22. The van der Waals surface area contributed by atoms with Crippen LogP contribution in [0.15, 0.2) is 72.5 Å². The summed E-state index contributed by atoms with van der Waals surface area (Å²) in [6.07, 6.45) is 6.48. The van der Waals surface area contributed by atoms with Gasteiger partial charge in [-0.1, -0.05) is 6.58 Å². The van der Waals surface area contributed by atoms with E-state index in [-0.39, 0.29) is 5.91 Å². The van der Waals surface area contributed by atoms with Crippen LogP contribution >= 0.6 is 0 Å². The second kappa shape index (κ2) is 8.57. The maximum atomic E-state index is 11.2. The Kier molecular flexibility index (Phi) is 6.21. The van der Waals surface area contributed by atoms with Gasteiger partial charge in [0, 0.05) is 30.2 Å². The van der Waals surface area contributed by atoms with Crippen LogP contribution in [0.4, 0.5) is 10.5 Å². The molecule has 0 aromatic heterocycles. The minimum Gasteiger partial charge on any atom is -0.456 e. The molecule has 2 N–H and O–H groups in total. The topological polar surface area (TPSA) is 79.9 Å². The van der Waals surface area contributed by atoms with Crippen LogP contribution in [0, 0.1) is 0 Å². The Morgan fingerprint density at radius 3 is 2.46 bits per heavy atom. The van der Waals surface area contributed by atoms with Crippen LogP contribution < -0.4 is 15.4 Å². The first-order valence-corrected chi connectivity index (χ1v) is 7.83. The molecule has 0 saturated carbocycles. The lowest BCUT2D eigenvalue weighted by atomic mass is 10.2. The van der Waals surface area contributed by atoms with Crippen LogP contribution in [-0.4, -0.2) is 24.0 Å². The molecular weight excluding hydrogens is 334 g/mol. The van der Waals surface area contributed by atoms with Crippen molar-refractivity contribution in [1.82, 2.24) is 10.2 Å². The number of nitrogens with one attached hydrogen (secondary N) is 2. The van der Waals surface area contributed by atoms with Gasteiger partial charge in [-0.3, -0.25) is 10.1 Å². The van der Waals surface area contributed by atoms with E-state index in [0.717, 1.165) is 0 Å². The molecule has 26 heavy (non-hydrogen) atoms. The molecule has 2 amide bonds. The van der Waals surface area contributed by atoms with Crippen molar-refractivity contribution in [3.8, 4) is 5.75 Å². The van der Waals surface area contributed by atoms with E-state index in [9.17, 15) is 9.59 Å². The molecule has 0 unspecified atom stereocenters. The van der Waals surface area contributed by atoms with Gasteiger partial charge in [-0.2, -0.15) is 0 Å². The average molecular weight is 355 g/mol. The number of benzene rings is 1. The summed E-state index contributed by atoms with van der Waals surface area (Å²) < 4.78 is 10.4. The zero-order valence-corrected chi connectivity index (χ0v) is 14.9. The van der Waals surface area contributed by atoms with Crippen molar-refractivity contribution in [3.63, 3.8) is 0 Å². The smallest absolute Gasteiger partial charge is 0.411 e. The third-order valence-electron chi connectivity index (χ3n) is 3.27. The zero-order chi connectivity index (χ0) is 19.1. The summed E-state index contributed by atoms with van der Waals surface area (Å²) in [4.78, 5) is 24.0. The van der Waals surface area contributed by atoms with Crippen molar-refractivity contribution in [2.75, 3.05) is 12.4 Å². The van der Waals surface area contributed by atoms with Gasteiger partial charge in [-0.15, -0.1) is 0 Å². The summed E-state index contributed by atoms with van der Waals surface area (Å²) in [6, 6.07) is 7.02. The summed E-state index contributed by atoms with van der Waals surface area (Å²) in [7, 11) is 1.30. The maximum absolute atomic E-state index is 11.2. The van der Waals surface area contributed by atoms with Crippen molar-refractivity contribution in [3.05, 3.63) is 72.5 Å². The molecule has 0 aliphatic carbocycles. The molecule has 0 bridgehead atoms. The van der Waals surface area contributed by atoms with Gasteiger partial charge in [-0.05, 0) is 43.3 Å². The number of hydrogen-bond acceptors (Lipinski definition) is 5. The van der Waals surface area contributed by atoms with Gasteiger partial charge in [0.2, 0.25) is 5.91 Å². The molecular formula is C19H21N3O4. The summed E-state index contributed by atoms with van der Waals surface area (Å²) >= 11 is 0. The van der Waals surface area contributed by atoms with Crippen LogP contribution in [-0.2, 0) is 9.53 Å². The SMILES string of the molecule is C=C1C=CC(Oc2ccc(NC(C)=O)cc2)=CN1/C=C(\C)NC(=O)OC. The molecule has 0 atom stereocenters. The summed E-state index contributed by atoms with van der Waals surface area (Å²) in [5, 5.41) is 5.27. The molecule has 1 aliphatic rings. The Balaban J connectivity index is 2.08. The van der Waals surface area contributed by atoms with Crippen molar-refractivity contribution in [1.29, 1.82) is 0 Å². The molecule has 7 heteroatoms. The lowest BCUT2D eigenvalue weighted by Gasteiger charge is -2.22. The number of carbonyl (C=O) groups is 2. The Labute approximate surface area is 152 Å². The Morgan fingerprint density at radius 2 is 1.85 bits per heavy atom. The molecule has 1 aromatic rings. The fourth-order valence-corrected chi connectivity index (χ4v) is 2.11. The third kappa shape index (κ3) is 5.55. The van der Waals surface area contributed by atoms with Gasteiger partial charge < -0.3 is 19.7 Å². The summed E-state index contributed by atoms with van der Waals surface area (Å²) in [5.41, 5.74) is 1.99. The largest absolute Gasteiger partial charge is 0.456 e. The molecule has 0 radical (unpaired) electrons. The summed E-state index contributed by atoms with van der Waals surface area (Å²) in [5.74, 6) is 1.08. The fraction of sp³-hybridized carbons (Fsp3) is 0.158. The van der Waals surface area contributed by atoms with Crippen LogP contribution in [0.5, 0.6) is 5.75 Å². The Bertz CT molecular complexity index is 792. The second-order valence-electron chi connectivity index (χ2n) is 5.50. The number of hydrogen-bond donors (Lipinski definition) is 2. The number of alkyl carbamates (subject to hydrolysis) is 1. The number of methoxy groups -OCH3 is 1. The van der Waals surface area contributed by atoms with Crippen LogP contribution in [0.2, 0.25) is 0 Å². The number of rotatable bonds is 5. The highest BCUT2D eigenvalue weighted by atomic mass is 16.5. The van der Waals surface area contributed by atoms with Crippen LogP contribution in [0.3, 0.4) is 0 Å². The van der Waals surface area contributed by atoms with E-state index < -0.39 is 6.09 Å². The first-order valence-electron chi connectivity index (χ1n) is 7.83. The molecule has 1 aliphatic heterocycles. The minimum atomic E-state index is -0.545. The van der Waals surface area contributed by atoms with Crippen LogP contribution in [0.1, 0.15) is 13.8 Å². The highest BCUT2D eigenvalue weighted by Gasteiger charge is 2.10. The lowest BCUT2D eigenvalue weighted by molar-refractivity contribution is -0.114. The minimum absolute atomic E-state index is 0.131. The maximum Gasteiger partial charge on any atom is 0.411 e. The van der Waals surface area contributed by atoms with Crippen molar-refractivity contribution < 1.29 is 19.1 Å². The lowest BCUT2D eigenvalue weighted by Crippen LogP contribution is -2.23. The van der Waals surface area contributed by atoms with E-state index in [4.69, 9.17) is 4.74 Å². The first-order chi connectivity index (χ1) is 12.4. The van der Waals surface area contributed by atoms with E-state index in [1.54, 1.807) is 60.6 Å². The molecule has 0 fully saturated rings. The molecule has 7 nitrogen and oxygen atoms in total. The van der Waals surface area contributed by atoms with E-state index >= 15 is 0 Å². The van der Waals surface area contributed by atoms with Gasteiger partial charge in [0.25, 0.3) is 0 Å². The number of ether oxygens (including phenoxy) is 2. The van der Waals surface area contributed by atoms with Crippen LogP contribution in [0.25, 0.3) is 0 Å². The Morgan fingerprint density at radius 1 is 1.15 bits per heavy atom. The molecule has 0 saturated heterocycles. The van der Waals surface area contributed by atoms with E-state index in [1.807, 2.05) is 0 Å². The molecule has 0 spiro atoms. The van der Waals surface area contributed by atoms with Gasteiger partial charge in [0.15, 0.2) is 0 Å². The Hall–Kier alpha value is -3.48. The predicted octanol–water partition coefficient (Wildman–Crippen LogP) is 3.47. The van der Waals surface area contributed by atoms with Gasteiger partial charge in [0.05, 0.1) is 13.3 Å². The van der Waals surface area contributed by atoms with Gasteiger partial charge in [0.1, 0.15) is 11.5 Å². The number of nitrogens with zero attached hydrogens (tertiary/aromatic N) is 1. The van der Waals surface area contributed by atoms with E-state index in [0.29, 0.717) is 28.6 Å². The van der Waals surface area contributed by atoms with Crippen molar-refractivity contribution in [2.45, 2.75) is 13.8 Å². The quantitative estimate of drug-likeness (QED) is 0.845. The number of amides is 2. The molecule has 136 valence electrons. The number of allylic oxidation sites excluding steroid dienone is 3. The third-order valence-corrected chi connectivity index (χ3v) is 3.27. The van der Waals surface area contributed by atoms with E-state index in [2.05, 4.69) is 21.9 Å². The highest BCUT2D eigenvalue weighted by molar-refractivity contribution is 5.88.